The number of nitrogens with zero attached hydrogens (tertiary/aromatic N) is 1. The smallest absolute Gasteiger partial charge is 0.338 e. The van der Waals surface area contributed by atoms with E-state index in [0.29, 0.717) is 11.8 Å². The van der Waals surface area contributed by atoms with E-state index in [9.17, 15) is 19.3 Å². The fourth-order valence-corrected chi connectivity index (χ4v) is 3.61. The van der Waals surface area contributed by atoms with Crippen LogP contribution >= 0.6 is 0 Å². The molecule has 2 aliphatic carbocycles. The second-order valence-corrected chi connectivity index (χ2v) is 5.84. The number of nitro groups is 1. The molecule has 0 amide bonds. The maximum absolute atomic E-state index is 13.8. The standard InChI is InChI=1S/C14H15FN2O4/c15-10-6-12(13(17(20)21)5-9(10)14(18)19)16-11-4-7-1-2-8(11)3-7/h5-8,11,16H,1-4H2,(H,18,19). The van der Waals surface area contributed by atoms with Crippen LogP contribution in [0.1, 0.15) is 36.0 Å². The van der Waals surface area contributed by atoms with Crippen molar-refractivity contribution in [2.75, 3.05) is 5.32 Å². The van der Waals surface area contributed by atoms with Crippen molar-refractivity contribution in [3.05, 3.63) is 33.6 Å². The molecule has 2 N–H and O–H groups in total. The Labute approximate surface area is 120 Å². The number of hydrogen-bond donors (Lipinski definition) is 2. The van der Waals surface area contributed by atoms with Gasteiger partial charge in [-0.25, -0.2) is 9.18 Å². The number of hydrogen-bond acceptors (Lipinski definition) is 4. The van der Waals surface area contributed by atoms with Gasteiger partial charge in [0.25, 0.3) is 5.69 Å². The number of carboxylic acids is 1. The lowest BCUT2D eigenvalue weighted by molar-refractivity contribution is -0.384. The molecule has 1 aromatic rings. The Hall–Kier alpha value is -2.18. The number of carbonyl (C=O) groups is 1. The van der Waals surface area contributed by atoms with E-state index in [1.807, 2.05) is 0 Å². The lowest BCUT2D eigenvalue weighted by Crippen LogP contribution is -2.26. The summed E-state index contributed by atoms with van der Waals surface area (Å²) in [7, 11) is 0. The van der Waals surface area contributed by atoms with Crippen LogP contribution in [0.5, 0.6) is 0 Å². The van der Waals surface area contributed by atoms with Crippen molar-refractivity contribution in [1.29, 1.82) is 0 Å². The number of carboxylic acid groups (broad SMARTS) is 1. The van der Waals surface area contributed by atoms with Crippen LogP contribution in [0, 0.1) is 27.8 Å². The van der Waals surface area contributed by atoms with Gasteiger partial charge in [-0.05, 0) is 31.1 Å². The molecule has 2 aliphatic rings. The van der Waals surface area contributed by atoms with E-state index in [4.69, 9.17) is 5.11 Å². The molecule has 3 rings (SSSR count). The van der Waals surface area contributed by atoms with Crippen LogP contribution in [0.4, 0.5) is 15.8 Å². The molecule has 2 bridgehead atoms. The summed E-state index contributed by atoms with van der Waals surface area (Å²) in [5, 5.41) is 23.0. The zero-order chi connectivity index (χ0) is 15.1. The van der Waals surface area contributed by atoms with Gasteiger partial charge in [-0.3, -0.25) is 10.1 Å². The highest BCUT2D eigenvalue weighted by Gasteiger charge is 2.40. The minimum atomic E-state index is -1.51. The van der Waals surface area contributed by atoms with Crippen LogP contribution in [0.25, 0.3) is 0 Å². The maximum Gasteiger partial charge on any atom is 0.338 e. The normalized spacial score (nSPS) is 26.8. The Morgan fingerprint density at radius 1 is 1.38 bits per heavy atom. The Bertz CT molecular complexity index is 619. The molecule has 0 saturated heterocycles. The number of rotatable bonds is 4. The molecule has 3 atom stereocenters. The number of aromatic carboxylic acids is 1. The molecule has 112 valence electrons. The number of nitrogens with one attached hydrogen (secondary N) is 1. The Kier molecular flexibility index (Phi) is 3.27. The average Bonchev–Trinajstić information content (AvgIpc) is 3.00. The number of halogens is 1. The van der Waals surface area contributed by atoms with Crippen LogP contribution in [0.3, 0.4) is 0 Å². The second kappa shape index (κ2) is 4.98. The van der Waals surface area contributed by atoms with Crippen LogP contribution in [-0.4, -0.2) is 22.0 Å². The average molecular weight is 294 g/mol. The van der Waals surface area contributed by atoms with E-state index >= 15 is 0 Å². The summed E-state index contributed by atoms with van der Waals surface area (Å²) in [5.74, 6) is -1.35. The summed E-state index contributed by atoms with van der Waals surface area (Å²) >= 11 is 0. The number of benzene rings is 1. The second-order valence-electron chi connectivity index (χ2n) is 5.84. The first-order valence-electron chi connectivity index (χ1n) is 6.93. The molecular formula is C14H15FN2O4. The third-order valence-corrected chi connectivity index (χ3v) is 4.59. The molecular weight excluding hydrogens is 279 g/mol. The maximum atomic E-state index is 13.8. The highest BCUT2D eigenvalue weighted by molar-refractivity contribution is 5.90. The third-order valence-electron chi connectivity index (χ3n) is 4.59. The zero-order valence-electron chi connectivity index (χ0n) is 11.2. The molecule has 0 aliphatic heterocycles. The van der Waals surface area contributed by atoms with Gasteiger partial charge >= 0.3 is 5.97 Å². The monoisotopic (exact) mass is 294 g/mol. The molecule has 2 fully saturated rings. The van der Waals surface area contributed by atoms with Crippen molar-refractivity contribution in [2.45, 2.75) is 31.7 Å². The van der Waals surface area contributed by atoms with Gasteiger partial charge in [-0.2, -0.15) is 0 Å². The van der Waals surface area contributed by atoms with Gasteiger partial charge in [0.2, 0.25) is 0 Å². The number of anilines is 1. The van der Waals surface area contributed by atoms with E-state index < -0.39 is 28.0 Å². The van der Waals surface area contributed by atoms with E-state index in [1.54, 1.807) is 0 Å². The minimum Gasteiger partial charge on any atom is -0.478 e. The number of nitro benzene ring substituents is 1. The molecule has 3 unspecified atom stereocenters. The Morgan fingerprint density at radius 2 is 2.14 bits per heavy atom. The van der Waals surface area contributed by atoms with Crippen molar-refractivity contribution in [1.82, 2.24) is 0 Å². The van der Waals surface area contributed by atoms with Crippen LogP contribution in [0.15, 0.2) is 12.1 Å². The summed E-state index contributed by atoms with van der Waals surface area (Å²) in [5.41, 5.74) is -1.00. The van der Waals surface area contributed by atoms with Crippen molar-refractivity contribution >= 4 is 17.3 Å². The summed E-state index contributed by atoms with van der Waals surface area (Å²) in [4.78, 5) is 21.3. The van der Waals surface area contributed by atoms with Gasteiger partial charge in [-0.1, -0.05) is 6.42 Å². The van der Waals surface area contributed by atoms with Crippen molar-refractivity contribution in [3.8, 4) is 0 Å². The van der Waals surface area contributed by atoms with Crippen LogP contribution in [0.2, 0.25) is 0 Å². The lowest BCUT2D eigenvalue weighted by Gasteiger charge is -2.24. The van der Waals surface area contributed by atoms with Crippen LogP contribution in [-0.2, 0) is 0 Å². The van der Waals surface area contributed by atoms with E-state index in [0.717, 1.165) is 31.4 Å². The van der Waals surface area contributed by atoms with Crippen LogP contribution < -0.4 is 5.32 Å². The fourth-order valence-electron chi connectivity index (χ4n) is 3.61. The summed E-state index contributed by atoms with van der Waals surface area (Å²) in [6.07, 6.45) is 4.33. The van der Waals surface area contributed by atoms with Gasteiger partial charge in [0.05, 0.1) is 4.92 Å². The third kappa shape index (κ3) is 2.43. The van der Waals surface area contributed by atoms with Crippen molar-refractivity contribution in [3.63, 3.8) is 0 Å². The highest BCUT2D eigenvalue weighted by atomic mass is 19.1. The lowest BCUT2D eigenvalue weighted by atomic mass is 9.95. The number of fused-ring (bicyclic) bond motifs is 2. The summed E-state index contributed by atoms with van der Waals surface area (Å²) < 4.78 is 13.8. The predicted molar refractivity (Wildman–Crippen MR) is 72.9 cm³/mol. The topological polar surface area (TPSA) is 92.5 Å². The van der Waals surface area contributed by atoms with Crippen molar-refractivity contribution < 1.29 is 19.2 Å². The molecule has 0 aromatic heterocycles. The molecule has 1 aromatic carbocycles. The first-order valence-corrected chi connectivity index (χ1v) is 6.93. The van der Waals surface area contributed by atoms with Gasteiger partial charge < -0.3 is 10.4 Å². The fraction of sp³-hybridized carbons (Fsp3) is 0.500. The SMILES string of the molecule is O=C(O)c1cc([N+](=O)[O-])c(NC2CC3CCC2C3)cc1F. The molecule has 6 nitrogen and oxygen atoms in total. The summed E-state index contributed by atoms with van der Waals surface area (Å²) in [6, 6.07) is 1.82. The largest absolute Gasteiger partial charge is 0.478 e. The quantitative estimate of drug-likeness (QED) is 0.657. The van der Waals surface area contributed by atoms with Gasteiger partial charge in [0.15, 0.2) is 0 Å². The Balaban J connectivity index is 1.92. The highest BCUT2D eigenvalue weighted by Crippen LogP contribution is 2.46. The predicted octanol–water partition coefficient (Wildman–Crippen LogP) is 3.03. The molecule has 0 radical (unpaired) electrons. The van der Waals surface area contributed by atoms with Gasteiger partial charge in [0.1, 0.15) is 17.1 Å². The van der Waals surface area contributed by atoms with E-state index in [1.165, 1.54) is 6.42 Å². The molecule has 0 heterocycles. The first-order chi connectivity index (χ1) is 9.95. The summed E-state index contributed by atoms with van der Waals surface area (Å²) in [6.45, 7) is 0. The zero-order valence-corrected chi connectivity index (χ0v) is 11.2. The molecule has 0 spiro atoms. The van der Waals surface area contributed by atoms with E-state index in [2.05, 4.69) is 5.32 Å². The molecule has 7 heteroatoms. The van der Waals surface area contributed by atoms with Gasteiger partial charge in [0, 0.05) is 18.2 Å². The van der Waals surface area contributed by atoms with Crippen molar-refractivity contribution in [2.24, 2.45) is 11.8 Å². The first kappa shape index (κ1) is 13.8. The minimum absolute atomic E-state index is 0.0695. The molecule has 2 saturated carbocycles. The molecule has 21 heavy (non-hydrogen) atoms. The Morgan fingerprint density at radius 3 is 2.67 bits per heavy atom. The van der Waals surface area contributed by atoms with Gasteiger partial charge in [-0.15, -0.1) is 0 Å². The van der Waals surface area contributed by atoms with E-state index in [-0.39, 0.29) is 11.7 Å².